The molecule has 21 valence electrons. The standard InChI is InChI=1S/CHBr2.Zn/c2-1-3;/h1H;. The summed E-state index contributed by atoms with van der Waals surface area (Å²) >= 11 is 7.75. The fourth-order valence-corrected chi connectivity index (χ4v) is 0. The van der Waals surface area contributed by atoms with Crippen molar-refractivity contribution in [1.82, 2.24) is 0 Å². The summed E-state index contributed by atoms with van der Waals surface area (Å²) in [5.41, 5.74) is 0. The first-order chi connectivity index (χ1) is 1.73. The molecule has 0 N–H and O–H groups in total. The summed E-state index contributed by atoms with van der Waals surface area (Å²) in [7, 11) is 0. The summed E-state index contributed by atoms with van der Waals surface area (Å²) in [6.07, 6.45) is 0. The molecule has 4 heavy (non-hydrogen) atoms. The van der Waals surface area contributed by atoms with Gasteiger partial charge in [-0.2, -0.15) is 0 Å². The molecule has 0 aromatic carbocycles. The Labute approximate surface area is 52.3 Å². The molecular weight excluding hydrogens is 237 g/mol. The normalized spacial score (nSPS) is 9.25. The Morgan fingerprint density at radius 2 is 1.50 bits per heavy atom. The third-order valence-corrected chi connectivity index (χ3v) is 0. The summed E-state index contributed by atoms with van der Waals surface area (Å²) in [6.45, 7) is 0. The van der Waals surface area contributed by atoms with Crippen LogP contribution < -0.4 is 0 Å². The molecule has 3 heteroatoms. The van der Waals surface area contributed by atoms with Crippen LogP contribution in [0.2, 0.25) is 0 Å². The molecule has 0 aromatic rings. The van der Waals surface area contributed by atoms with Crippen molar-refractivity contribution < 1.29 is 18.3 Å². The minimum absolute atomic E-state index is 0.583. The van der Waals surface area contributed by atoms with E-state index in [4.69, 9.17) is 0 Å². The Morgan fingerprint density at radius 3 is 1.50 bits per heavy atom. The summed E-state index contributed by atoms with van der Waals surface area (Å²) in [6, 6.07) is 0. The van der Waals surface area contributed by atoms with E-state index in [0.29, 0.717) is 2.33 Å². The molecule has 0 bridgehead atoms. The molecule has 0 heterocycles. The van der Waals surface area contributed by atoms with E-state index in [9.17, 15) is 0 Å². The Balaban J connectivity index is 2.32. The van der Waals surface area contributed by atoms with Gasteiger partial charge in [-0.25, -0.2) is 0 Å². The van der Waals surface area contributed by atoms with Crippen molar-refractivity contribution in [2.45, 2.75) is 2.33 Å². The zero-order valence-electron chi connectivity index (χ0n) is 2.04. The van der Waals surface area contributed by atoms with Gasteiger partial charge in [-0.3, -0.25) is 0 Å². The van der Waals surface area contributed by atoms with E-state index in [1.165, 1.54) is 18.3 Å². The Hall–Kier alpha value is 1.58. The van der Waals surface area contributed by atoms with Crippen LogP contribution in [-0.2, 0) is 18.3 Å². The van der Waals surface area contributed by atoms with Crippen LogP contribution in [0.25, 0.3) is 0 Å². The molecule has 0 saturated carbocycles. The number of halogens is 2. The van der Waals surface area contributed by atoms with Gasteiger partial charge >= 0.3 is 52.5 Å². The number of alkyl halides is 2. The van der Waals surface area contributed by atoms with Gasteiger partial charge in [0.15, 0.2) is 0 Å². The van der Waals surface area contributed by atoms with Crippen molar-refractivity contribution in [3.63, 3.8) is 0 Å². The van der Waals surface area contributed by atoms with Crippen LogP contribution in [0.4, 0.5) is 0 Å². The van der Waals surface area contributed by atoms with Gasteiger partial charge in [0, 0.05) is 0 Å². The van der Waals surface area contributed by atoms with Gasteiger partial charge in [0.25, 0.3) is 0 Å². The van der Waals surface area contributed by atoms with Gasteiger partial charge in [-0.15, -0.1) is 0 Å². The number of hydrogen-bond acceptors (Lipinski definition) is 0. The topological polar surface area (TPSA) is 0 Å². The monoisotopic (exact) mass is 235 g/mol. The molecule has 0 rings (SSSR count). The molecule has 0 amide bonds. The average molecular weight is 238 g/mol. The Kier molecular flexibility index (Phi) is 3.91. The molecule has 0 spiro atoms. The SMILES string of the molecule is [Zn][CH](Br)Br. The van der Waals surface area contributed by atoms with Crippen LogP contribution in [-0.4, -0.2) is 2.33 Å². The third kappa shape index (κ3) is 9.54. The predicted octanol–water partition coefficient (Wildman–Crippen LogP) is 1.61. The third-order valence-electron chi connectivity index (χ3n) is 0. The number of hydrogen-bond donors (Lipinski definition) is 0. The van der Waals surface area contributed by atoms with Crippen LogP contribution >= 0.6 is 31.9 Å². The van der Waals surface area contributed by atoms with Crippen LogP contribution in [0.3, 0.4) is 0 Å². The van der Waals surface area contributed by atoms with Crippen LogP contribution in [0.5, 0.6) is 0 Å². The van der Waals surface area contributed by atoms with Gasteiger partial charge in [0.2, 0.25) is 0 Å². The number of rotatable bonds is 0. The molecule has 0 unspecified atom stereocenters. The maximum atomic E-state index is 3.24. The maximum absolute atomic E-state index is 3.24. The first-order valence-electron chi connectivity index (χ1n) is 0.845. The first kappa shape index (κ1) is 5.58. The molecule has 0 saturated heterocycles. The van der Waals surface area contributed by atoms with Crippen molar-refractivity contribution >= 4 is 31.9 Å². The first-order valence-corrected chi connectivity index (χ1v) is 4.39. The van der Waals surface area contributed by atoms with E-state index >= 15 is 0 Å². The van der Waals surface area contributed by atoms with E-state index in [0.717, 1.165) is 0 Å². The van der Waals surface area contributed by atoms with Crippen molar-refractivity contribution in [1.29, 1.82) is 0 Å². The van der Waals surface area contributed by atoms with Gasteiger partial charge in [0.1, 0.15) is 0 Å². The van der Waals surface area contributed by atoms with Crippen molar-refractivity contribution in [3.05, 3.63) is 0 Å². The van der Waals surface area contributed by atoms with Crippen molar-refractivity contribution in [2.24, 2.45) is 0 Å². The fraction of sp³-hybridized carbons (Fsp3) is 1.00. The van der Waals surface area contributed by atoms with Crippen molar-refractivity contribution in [2.75, 3.05) is 0 Å². The van der Waals surface area contributed by atoms with Gasteiger partial charge in [-0.1, -0.05) is 0 Å². The molecular formula is CHBr2Zn. The van der Waals surface area contributed by atoms with Crippen LogP contribution in [0, 0.1) is 0 Å². The molecule has 0 aliphatic carbocycles. The molecule has 0 aromatic heterocycles. The van der Waals surface area contributed by atoms with Gasteiger partial charge < -0.3 is 0 Å². The quantitative estimate of drug-likeness (QED) is 0.444. The van der Waals surface area contributed by atoms with E-state index < -0.39 is 0 Å². The molecule has 0 atom stereocenters. The average Bonchev–Trinajstić information content (AvgIpc) is 0.811. The van der Waals surface area contributed by atoms with Crippen LogP contribution in [0.15, 0.2) is 0 Å². The second-order valence-corrected chi connectivity index (χ2v) is 10.6. The van der Waals surface area contributed by atoms with Crippen LogP contribution in [0.1, 0.15) is 0 Å². The Bertz CT molecular complexity index is 10.8. The van der Waals surface area contributed by atoms with E-state index in [-0.39, 0.29) is 0 Å². The fourth-order valence-electron chi connectivity index (χ4n) is 0. The van der Waals surface area contributed by atoms with E-state index in [1.54, 1.807) is 0 Å². The van der Waals surface area contributed by atoms with E-state index in [2.05, 4.69) is 31.9 Å². The molecule has 0 radical (unpaired) electrons. The summed E-state index contributed by atoms with van der Waals surface area (Å²) in [5, 5.41) is 0. The summed E-state index contributed by atoms with van der Waals surface area (Å²) in [5.74, 6) is 0. The summed E-state index contributed by atoms with van der Waals surface area (Å²) < 4.78 is 0.583. The minimum atomic E-state index is 0.583. The predicted molar refractivity (Wildman–Crippen MR) is 21.6 cm³/mol. The molecule has 0 nitrogen and oxygen atoms in total. The van der Waals surface area contributed by atoms with Gasteiger partial charge in [-0.05, 0) is 0 Å². The molecule has 0 aliphatic rings. The zero-order valence-corrected chi connectivity index (χ0v) is 8.18. The molecule has 0 fully saturated rings. The van der Waals surface area contributed by atoms with E-state index in [1.807, 2.05) is 0 Å². The second kappa shape index (κ2) is 2.80. The summed E-state index contributed by atoms with van der Waals surface area (Å²) in [4.78, 5) is 0. The second-order valence-electron chi connectivity index (χ2n) is 0.391. The molecule has 0 aliphatic heterocycles. The van der Waals surface area contributed by atoms with Crippen molar-refractivity contribution in [3.8, 4) is 0 Å². The van der Waals surface area contributed by atoms with Gasteiger partial charge in [0.05, 0.1) is 0 Å². The zero-order chi connectivity index (χ0) is 3.58. The Morgan fingerprint density at radius 1 is 1.50 bits per heavy atom.